The molecular weight excluding hydrogens is 272 g/mol. The molecule has 1 heterocycles. The summed E-state index contributed by atoms with van der Waals surface area (Å²) in [6, 6.07) is 3.40. The van der Waals surface area contributed by atoms with Crippen LogP contribution < -0.4 is 19.9 Å². The average Bonchev–Trinajstić information content (AvgIpc) is 2.90. The fourth-order valence-corrected chi connectivity index (χ4v) is 2.23. The molecule has 0 bridgehead atoms. The molecule has 0 saturated heterocycles. The second-order valence-electron chi connectivity index (χ2n) is 4.53. The Labute approximate surface area is 123 Å². The van der Waals surface area contributed by atoms with Crippen LogP contribution in [-0.2, 0) is 13.5 Å². The van der Waals surface area contributed by atoms with Gasteiger partial charge < -0.3 is 19.9 Å². The van der Waals surface area contributed by atoms with Crippen LogP contribution in [0, 0.1) is 0 Å². The van der Waals surface area contributed by atoms with Crippen molar-refractivity contribution in [1.82, 2.24) is 14.8 Å². The molecule has 7 heteroatoms. The summed E-state index contributed by atoms with van der Waals surface area (Å²) in [6.45, 7) is 0. The summed E-state index contributed by atoms with van der Waals surface area (Å²) in [6.07, 6.45) is 2.05. The first-order valence-corrected chi connectivity index (χ1v) is 6.49. The Morgan fingerprint density at radius 1 is 1.14 bits per heavy atom. The quantitative estimate of drug-likeness (QED) is 0.857. The van der Waals surface area contributed by atoms with Crippen molar-refractivity contribution in [2.24, 2.45) is 12.8 Å². The van der Waals surface area contributed by atoms with Gasteiger partial charge in [-0.15, -0.1) is 0 Å². The van der Waals surface area contributed by atoms with E-state index in [0.29, 0.717) is 23.7 Å². The van der Waals surface area contributed by atoms with Gasteiger partial charge in [-0.2, -0.15) is 5.10 Å². The molecule has 1 aromatic carbocycles. The minimum absolute atomic E-state index is 0.289. The lowest BCUT2D eigenvalue weighted by molar-refractivity contribution is 0.320. The normalized spacial score (nSPS) is 12.0. The molecule has 0 aliphatic heterocycles. The van der Waals surface area contributed by atoms with Crippen LogP contribution in [-0.4, -0.2) is 36.1 Å². The number of benzene rings is 1. The molecule has 0 saturated carbocycles. The molecule has 114 valence electrons. The van der Waals surface area contributed by atoms with Gasteiger partial charge in [-0.3, -0.25) is 4.68 Å². The summed E-state index contributed by atoms with van der Waals surface area (Å²) >= 11 is 0. The van der Waals surface area contributed by atoms with Crippen molar-refractivity contribution in [3.8, 4) is 17.2 Å². The number of nitrogens with two attached hydrogens (primary N) is 1. The van der Waals surface area contributed by atoms with Crippen molar-refractivity contribution in [2.75, 3.05) is 21.3 Å². The maximum atomic E-state index is 6.29. The minimum atomic E-state index is -0.289. The lowest BCUT2D eigenvalue weighted by Crippen LogP contribution is -2.17. The number of methoxy groups -OCH3 is 3. The zero-order valence-corrected chi connectivity index (χ0v) is 12.7. The summed E-state index contributed by atoms with van der Waals surface area (Å²) in [5, 5.41) is 4.04. The molecule has 0 radical (unpaired) electrons. The molecule has 1 atom stereocenters. The Bertz CT molecular complexity index is 612. The van der Waals surface area contributed by atoms with Crippen molar-refractivity contribution in [3.05, 3.63) is 29.8 Å². The van der Waals surface area contributed by atoms with Gasteiger partial charge >= 0.3 is 0 Å². The van der Waals surface area contributed by atoms with Gasteiger partial charge in [0.15, 0.2) is 11.5 Å². The molecule has 1 aromatic heterocycles. The Kier molecular flexibility index (Phi) is 4.64. The summed E-state index contributed by atoms with van der Waals surface area (Å²) < 4.78 is 17.8. The van der Waals surface area contributed by atoms with E-state index in [9.17, 15) is 0 Å². The van der Waals surface area contributed by atoms with Crippen LogP contribution in [0.15, 0.2) is 18.5 Å². The van der Waals surface area contributed by atoms with Crippen LogP contribution in [0.2, 0.25) is 0 Å². The number of hydrogen-bond acceptors (Lipinski definition) is 6. The first-order valence-electron chi connectivity index (χ1n) is 6.49. The van der Waals surface area contributed by atoms with Crippen LogP contribution in [0.5, 0.6) is 17.2 Å². The van der Waals surface area contributed by atoms with E-state index >= 15 is 0 Å². The van der Waals surface area contributed by atoms with Crippen molar-refractivity contribution < 1.29 is 14.2 Å². The third kappa shape index (κ3) is 2.92. The molecule has 0 aliphatic carbocycles. The van der Waals surface area contributed by atoms with E-state index in [1.54, 1.807) is 26.0 Å². The predicted octanol–water partition coefficient (Wildman–Crippen LogP) is 1.08. The monoisotopic (exact) mass is 292 g/mol. The smallest absolute Gasteiger partial charge is 0.203 e. The van der Waals surface area contributed by atoms with Gasteiger partial charge in [0.25, 0.3) is 0 Å². The first kappa shape index (κ1) is 15.1. The van der Waals surface area contributed by atoms with Crippen LogP contribution in [0.3, 0.4) is 0 Å². The molecule has 0 aliphatic rings. The summed E-state index contributed by atoms with van der Waals surface area (Å²) in [5.41, 5.74) is 7.12. The van der Waals surface area contributed by atoms with Gasteiger partial charge in [0.05, 0.1) is 21.3 Å². The summed E-state index contributed by atoms with van der Waals surface area (Å²) in [4.78, 5) is 4.19. The summed E-state index contributed by atoms with van der Waals surface area (Å²) in [7, 11) is 6.56. The number of aromatic nitrogens is 3. The van der Waals surface area contributed by atoms with Gasteiger partial charge in [0.1, 0.15) is 12.2 Å². The van der Waals surface area contributed by atoms with Gasteiger partial charge in [0, 0.05) is 25.1 Å². The molecule has 0 spiro atoms. The van der Waals surface area contributed by atoms with Crippen LogP contribution in [0.1, 0.15) is 17.4 Å². The largest absolute Gasteiger partial charge is 0.493 e. The van der Waals surface area contributed by atoms with E-state index in [0.717, 1.165) is 11.4 Å². The SMILES string of the molecule is COc1ccc(C(N)Cc2ncnn2C)c(OC)c1OC. The highest BCUT2D eigenvalue weighted by molar-refractivity contribution is 5.56. The van der Waals surface area contributed by atoms with E-state index in [1.807, 2.05) is 19.2 Å². The van der Waals surface area contributed by atoms with Crippen LogP contribution in [0.4, 0.5) is 0 Å². The molecule has 7 nitrogen and oxygen atoms in total. The zero-order chi connectivity index (χ0) is 15.4. The third-order valence-corrected chi connectivity index (χ3v) is 3.34. The zero-order valence-electron chi connectivity index (χ0n) is 12.7. The second-order valence-corrected chi connectivity index (χ2v) is 4.53. The maximum Gasteiger partial charge on any atom is 0.203 e. The second kappa shape index (κ2) is 6.45. The molecule has 2 aromatic rings. The standard InChI is InChI=1S/C14H20N4O3/c1-18-12(16-8-17-18)7-10(15)9-5-6-11(19-2)14(21-4)13(9)20-3/h5-6,8,10H,7,15H2,1-4H3. The van der Waals surface area contributed by atoms with E-state index in [2.05, 4.69) is 10.1 Å². The molecule has 1 unspecified atom stereocenters. The molecule has 2 N–H and O–H groups in total. The minimum Gasteiger partial charge on any atom is -0.493 e. The average molecular weight is 292 g/mol. The number of rotatable bonds is 6. The Hall–Kier alpha value is -2.28. The molecule has 21 heavy (non-hydrogen) atoms. The van der Waals surface area contributed by atoms with Crippen LogP contribution in [0.25, 0.3) is 0 Å². The third-order valence-electron chi connectivity index (χ3n) is 3.34. The van der Waals surface area contributed by atoms with Gasteiger partial charge in [0.2, 0.25) is 5.75 Å². The van der Waals surface area contributed by atoms with Gasteiger partial charge in [-0.25, -0.2) is 4.98 Å². The highest BCUT2D eigenvalue weighted by Gasteiger charge is 2.21. The van der Waals surface area contributed by atoms with E-state index in [1.165, 1.54) is 6.33 Å². The van der Waals surface area contributed by atoms with E-state index < -0.39 is 0 Å². The number of hydrogen-bond donors (Lipinski definition) is 1. The molecular formula is C14H20N4O3. The van der Waals surface area contributed by atoms with Gasteiger partial charge in [-0.1, -0.05) is 0 Å². The predicted molar refractivity (Wildman–Crippen MR) is 77.7 cm³/mol. The number of aryl methyl sites for hydroxylation is 1. The molecule has 0 amide bonds. The Morgan fingerprint density at radius 2 is 1.86 bits per heavy atom. The van der Waals surface area contributed by atoms with Crippen molar-refractivity contribution >= 4 is 0 Å². The lowest BCUT2D eigenvalue weighted by Gasteiger charge is -2.19. The highest BCUT2D eigenvalue weighted by atomic mass is 16.5. The molecule has 2 rings (SSSR count). The number of nitrogens with zero attached hydrogens (tertiary/aromatic N) is 3. The maximum absolute atomic E-state index is 6.29. The first-order chi connectivity index (χ1) is 10.1. The highest BCUT2D eigenvalue weighted by Crippen LogP contribution is 2.41. The van der Waals surface area contributed by atoms with E-state index in [-0.39, 0.29) is 6.04 Å². The van der Waals surface area contributed by atoms with Crippen molar-refractivity contribution in [1.29, 1.82) is 0 Å². The van der Waals surface area contributed by atoms with Gasteiger partial charge in [-0.05, 0) is 12.1 Å². The summed E-state index contributed by atoms with van der Waals surface area (Å²) in [5.74, 6) is 2.51. The van der Waals surface area contributed by atoms with E-state index in [4.69, 9.17) is 19.9 Å². The molecule has 0 fully saturated rings. The van der Waals surface area contributed by atoms with Crippen molar-refractivity contribution in [2.45, 2.75) is 12.5 Å². The fourth-order valence-electron chi connectivity index (χ4n) is 2.23. The lowest BCUT2D eigenvalue weighted by atomic mass is 10.0. The number of ether oxygens (including phenoxy) is 3. The van der Waals surface area contributed by atoms with Crippen molar-refractivity contribution in [3.63, 3.8) is 0 Å². The fraction of sp³-hybridized carbons (Fsp3) is 0.429. The Morgan fingerprint density at radius 3 is 2.38 bits per heavy atom. The Balaban J connectivity index is 2.36. The topological polar surface area (TPSA) is 84.4 Å². The van der Waals surface area contributed by atoms with Crippen LogP contribution >= 0.6 is 0 Å².